The van der Waals surface area contributed by atoms with Crippen molar-refractivity contribution < 1.29 is 26.3 Å². The van der Waals surface area contributed by atoms with E-state index in [0.717, 1.165) is 28.5 Å². The molecule has 0 radical (unpaired) electrons. The van der Waals surface area contributed by atoms with Crippen LogP contribution in [0.1, 0.15) is 77.6 Å². The summed E-state index contributed by atoms with van der Waals surface area (Å²) in [6.07, 6.45) is -3.35. The number of pyridine rings is 2. The number of benzene rings is 1. The summed E-state index contributed by atoms with van der Waals surface area (Å²) in [4.78, 5) is 25.5. The van der Waals surface area contributed by atoms with Crippen molar-refractivity contribution in [1.29, 1.82) is 0 Å². The van der Waals surface area contributed by atoms with Crippen molar-refractivity contribution in [1.82, 2.24) is 19.5 Å². The second-order valence-electron chi connectivity index (χ2n) is 9.81. The second kappa shape index (κ2) is 10.4. The zero-order valence-corrected chi connectivity index (χ0v) is 20.9. The fourth-order valence-corrected chi connectivity index (χ4v) is 5.53. The van der Waals surface area contributed by atoms with E-state index in [-0.39, 0.29) is 28.8 Å². The molecule has 0 amide bonds. The van der Waals surface area contributed by atoms with Crippen molar-refractivity contribution in [2.75, 3.05) is 0 Å². The van der Waals surface area contributed by atoms with E-state index in [4.69, 9.17) is 0 Å². The molecule has 39 heavy (non-hydrogen) atoms. The summed E-state index contributed by atoms with van der Waals surface area (Å²) >= 11 is 0. The Labute approximate surface area is 219 Å². The highest BCUT2D eigenvalue weighted by Crippen LogP contribution is 2.42. The summed E-state index contributed by atoms with van der Waals surface area (Å²) in [6.45, 7) is 1.23. The summed E-state index contributed by atoms with van der Waals surface area (Å²) in [5.74, 6) is -0.562. The molecule has 3 aromatic heterocycles. The Kier molecular flexibility index (Phi) is 7.17. The Morgan fingerprint density at radius 2 is 1.74 bits per heavy atom. The summed E-state index contributed by atoms with van der Waals surface area (Å²) in [6, 6.07) is 8.40. The van der Waals surface area contributed by atoms with Gasteiger partial charge in [-0.05, 0) is 79.8 Å². The third-order valence-corrected chi connectivity index (χ3v) is 7.41. The molecule has 1 aliphatic rings. The summed E-state index contributed by atoms with van der Waals surface area (Å²) in [5.41, 5.74) is -1.09. The largest absolute Gasteiger partial charge is 0.418 e. The van der Waals surface area contributed by atoms with Crippen molar-refractivity contribution in [3.63, 3.8) is 0 Å². The lowest BCUT2D eigenvalue weighted by Gasteiger charge is -2.30. The zero-order chi connectivity index (χ0) is 27.9. The molecule has 0 N–H and O–H groups in total. The maximum Gasteiger partial charge on any atom is 0.418 e. The van der Waals surface area contributed by atoms with Gasteiger partial charge in [0, 0.05) is 11.8 Å². The minimum absolute atomic E-state index is 0.0265. The quantitative estimate of drug-likeness (QED) is 0.251. The van der Waals surface area contributed by atoms with Crippen LogP contribution in [0.4, 0.5) is 26.3 Å². The van der Waals surface area contributed by atoms with Crippen LogP contribution in [-0.4, -0.2) is 19.5 Å². The van der Waals surface area contributed by atoms with Gasteiger partial charge in [0.2, 0.25) is 0 Å². The van der Waals surface area contributed by atoms with Crippen molar-refractivity contribution in [3.05, 3.63) is 98.6 Å². The van der Waals surface area contributed by atoms with Crippen LogP contribution in [0.5, 0.6) is 0 Å². The molecule has 0 atom stereocenters. The number of aryl methyl sites for hydroxylation is 1. The molecule has 5 nitrogen and oxygen atoms in total. The number of alkyl halides is 5. The van der Waals surface area contributed by atoms with Gasteiger partial charge < -0.3 is 0 Å². The molecule has 3 heterocycles. The third kappa shape index (κ3) is 5.26. The lowest BCUT2D eigenvalue weighted by molar-refractivity contribution is -0.138. The summed E-state index contributed by atoms with van der Waals surface area (Å²) in [5, 5.41) is 0. The van der Waals surface area contributed by atoms with Gasteiger partial charge in [-0.3, -0.25) is 19.3 Å². The zero-order valence-electron chi connectivity index (χ0n) is 20.9. The molecule has 0 unspecified atom stereocenters. The van der Waals surface area contributed by atoms with Crippen LogP contribution in [0.25, 0.3) is 11.2 Å². The molecule has 204 valence electrons. The first-order valence-electron chi connectivity index (χ1n) is 12.5. The molecule has 11 heteroatoms. The Hall–Kier alpha value is -3.76. The first-order valence-corrected chi connectivity index (χ1v) is 12.5. The van der Waals surface area contributed by atoms with Gasteiger partial charge >= 0.3 is 6.18 Å². The van der Waals surface area contributed by atoms with E-state index in [1.54, 1.807) is 6.07 Å². The van der Waals surface area contributed by atoms with Gasteiger partial charge in [-0.15, -0.1) is 0 Å². The van der Waals surface area contributed by atoms with Gasteiger partial charge in [0.05, 0.1) is 24.0 Å². The standard InChI is InChI=1S/C28H24F6N4O/c1-15-4-2-6-20(29)24(15)17-9-7-16(8-10-17)18-12-21-26(37-22(13-36-21)25(30)31)38(27(18)39)14-23-19(28(32,33)34)5-3-11-35-23/h2-6,11-13,16-17,25H,7-10,14H2,1H3/t16-,17-. The van der Waals surface area contributed by atoms with E-state index in [1.165, 1.54) is 18.3 Å². The first-order chi connectivity index (χ1) is 18.5. The van der Waals surface area contributed by atoms with E-state index in [9.17, 15) is 31.1 Å². The second-order valence-corrected chi connectivity index (χ2v) is 9.81. The van der Waals surface area contributed by atoms with Crippen LogP contribution < -0.4 is 5.56 Å². The lowest BCUT2D eigenvalue weighted by atomic mass is 9.75. The fourth-order valence-electron chi connectivity index (χ4n) is 5.53. The molecule has 0 bridgehead atoms. The number of halogens is 6. The molecule has 0 saturated heterocycles. The monoisotopic (exact) mass is 546 g/mol. The van der Waals surface area contributed by atoms with Gasteiger partial charge in [-0.25, -0.2) is 18.2 Å². The summed E-state index contributed by atoms with van der Waals surface area (Å²) < 4.78 is 83.3. The normalized spacial score (nSPS) is 18.2. The molecule has 1 aliphatic carbocycles. The maximum atomic E-state index is 14.6. The Balaban J connectivity index is 1.56. The smallest absolute Gasteiger partial charge is 0.285 e. The number of fused-ring (bicyclic) bond motifs is 1. The van der Waals surface area contributed by atoms with Crippen molar-refractivity contribution >= 4 is 11.2 Å². The number of rotatable bonds is 5. The minimum Gasteiger partial charge on any atom is -0.285 e. The number of hydrogen-bond acceptors (Lipinski definition) is 4. The molecule has 1 aromatic carbocycles. The highest BCUT2D eigenvalue weighted by molar-refractivity contribution is 5.71. The predicted molar refractivity (Wildman–Crippen MR) is 132 cm³/mol. The van der Waals surface area contributed by atoms with Crippen LogP contribution in [0.3, 0.4) is 0 Å². The Bertz CT molecular complexity index is 1550. The molecule has 1 fully saturated rings. The minimum atomic E-state index is -4.73. The van der Waals surface area contributed by atoms with Gasteiger partial charge in [0.1, 0.15) is 17.0 Å². The van der Waals surface area contributed by atoms with Crippen LogP contribution in [0.2, 0.25) is 0 Å². The van der Waals surface area contributed by atoms with E-state index < -0.39 is 41.7 Å². The van der Waals surface area contributed by atoms with Crippen molar-refractivity contribution in [2.24, 2.45) is 0 Å². The average Bonchev–Trinajstić information content (AvgIpc) is 2.90. The average molecular weight is 547 g/mol. The highest BCUT2D eigenvalue weighted by Gasteiger charge is 2.35. The van der Waals surface area contributed by atoms with Crippen LogP contribution >= 0.6 is 0 Å². The third-order valence-electron chi connectivity index (χ3n) is 7.41. The van der Waals surface area contributed by atoms with E-state index >= 15 is 0 Å². The first kappa shape index (κ1) is 26.8. The molecule has 0 aliphatic heterocycles. The number of aromatic nitrogens is 4. The van der Waals surface area contributed by atoms with E-state index in [1.807, 2.05) is 13.0 Å². The van der Waals surface area contributed by atoms with Crippen molar-refractivity contribution in [3.8, 4) is 0 Å². The van der Waals surface area contributed by atoms with Crippen LogP contribution in [0.15, 0.2) is 53.6 Å². The molecular weight excluding hydrogens is 522 g/mol. The fraction of sp³-hybridized carbons (Fsp3) is 0.357. The van der Waals surface area contributed by atoms with E-state index in [0.29, 0.717) is 36.8 Å². The SMILES string of the molecule is Cc1cccc(F)c1[C@H]1CC[C@H](c2cc3ncc(C(F)F)nc3n(Cc3ncccc3C(F)(F)F)c2=O)CC1. The molecule has 1 saturated carbocycles. The van der Waals surface area contributed by atoms with Gasteiger partial charge in [0.15, 0.2) is 5.65 Å². The van der Waals surface area contributed by atoms with Gasteiger partial charge in [0.25, 0.3) is 12.0 Å². The molecule has 5 rings (SSSR count). The summed E-state index contributed by atoms with van der Waals surface area (Å²) in [7, 11) is 0. The highest BCUT2D eigenvalue weighted by atomic mass is 19.4. The predicted octanol–water partition coefficient (Wildman–Crippen LogP) is 7.08. The maximum absolute atomic E-state index is 14.6. The molecule has 4 aromatic rings. The number of hydrogen-bond donors (Lipinski definition) is 0. The van der Waals surface area contributed by atoms with Crippen molar-refractivity contribution in [2.45, 2.75) is 63.6 Å². The number of nitrogens with zero attached hydrogens (tertiary/aromatic N) is 4. The lowest BCUT2D eigenvalue weighted by Crippen LogP contribution is -2.29. The Morgan fingerprint density at radius 1 is 1.03 bits per heavy atom. The van der Waals surface area contributed by atoms with Crippen LogP contribution in [0, 0.1) is 12.7 Å². The van der Waals surface area contributed by atoms with E-state index in [2.05, 4.69) is 15.0 Å². The molecular formula is C28H24F6N4O. The van der Waals surface area contributed by atoms with Crippen LogP contribution in [-0.2, 0) is 12.7 Å². The Morgan fingerprint density at radius 3 is 2.41 bits per heavy atom. The van der Waals surface area contributed by atoms with Gasteiger partial charge in [-0.2, -0.15) is 13.2 Å². The molecule has 0 spiro atoms. The van der Waals surface area contributed by atoms with Gasteiger partial charge in [-0.1, -0.05) is 12.1 Å². The topological polar surface area (TPSA) is 60.7 Å².